The molecule has 0 aliphatic carbocycles. The zero-order valence-corrected chi connectivity index (χ0v) is 12.5. The molecule has 2 rings (SSSR count). The lowest BCUT2D eigenvalue weighted by molar-refractivity contribution is 0.280. The van der Waals surface area contributed by atoms with Crippen molar-refractivity contribution in [2.45, 2.75) is 25.3 Å². The SMILES string of the molecule is Cc1cc(C)c(S(=O)(=O)Nc2cccc(F)c2)cc1CO. The number of hydrogen-bond acceptors (Lipinski definition) is 3. The van der Waals surface area contributed by atoms with Gasteiger partial charge in [0.1, 0.15) is 5.82 Å². The summed E-state index contributed by atoms with van der Waals surface area (Å²) in [5.41, 5.74) is 2.08. The standard InChI is InChI=1S/C15H16FNO3S/c1-10-6-11(2)15(7-12(10)9-18)21(19,20)17-14-5-3-4-13(16)8-14/h3-8,17-18H,9H2,1-2H3. The number of anilines is 1. The summed E-state index contributed by atoms with van der Waals surface area (Å²) in [6, 6.07) is 8.37. The van der Waals surface area contributed by atoms with Crippen LogP contribution in [0.15, 0.2) is 41.3 Å². The van der Waals surface area contributed by atoms with Crippen LogP contribution in [0.2, 0.25) is 0 Å². The van der Waals surface area contributed by atoms with Crippen LogP contribution in [0, 0.1) is 19.7 Å². The van der Waals surface area contributed by atoms with Gasteiger partial charge in [-0.3, -0.25) is 4.72 Å². The fourth-order valence-corrected chi connectivity index (χ4v) is 3.42. The molecule has 0 fully saturated rings. The Balaban J connectivity index is 2.44. The van der Waals surface area contributed by atoms with Crippen LogP contribution in [-0.4, -0.2) is 13.5 Å². The van der Waals surface area contributed by atoms with Crippen LogP contribution in [-0.2, 0) is 16.6 Å². The highest BCUT2D eigenvalue weighted by atomic mass is 32.2. The first kappa shape index (κ1) is 15.5. The molecule has 0 amide bonds. The minimum Gasteiger partial charge on any atom is -0.392 e. The number of aliphatic hydroxyl groups excluding tert-OH is 1. The molecule has 2 aromatic rings. The van der Waals surface area contributed by atoms with Gasteiger partial charge >= 0.3 is 0 Å². The van der Waals surface area contributed by atoms with Gasteiger partial charge in [0.25, 0.3) is 10.0 Å². The molecular formula is C15H16FNO3S. The lowest BCUT2D eigenvalue weighted by atomic mass is 10.1. The molecule has 2 N–H and O–H groups in total. The largest absolute Gasteiger partial charge is 0.392 e. The number of aryl methyl sites for hydroxylation is 2. The Hall–Kier alpha value is -1.92. The third-order valence-corrected chi connectivity index (χ3v) is 4.69. The van der Waals surface area contributed by atoms with Crippen molar-refractivity contribution < 1.29 is 17.9 Å². The van der Waals surface area contributed by atoms with Crippen LogP contribution in [0.4, 0.5) is 10.1 Å². The van der Waals surface area contributed by atoms with Crippen LogP contribution in [0.5, 0.6) is 0 Å². The van der Waals surface area contributed by atoms with E-state index in [2.05, 4.69) is 4.72 Å². The van der Waals surface area contributed by atoms with Gasteiger partial charge in [0.2, 0.25) is 0 Å². The predicted octanol–water partition coefficient (Wildman–Crippen LogP) is 2.74. The molecule has 4 nitrogen and oxygen atoms in total. The van der Waals surface area contributed by atoms with Crippen LogP contribution in [0.1, 0.15) is 16.7 Å². The van der Waals surface area contributed by atoms with E-state index in [1.807, 2.05) is 0 Å². The van der Waals surface area contributed by atoms with E-state index in [-0.39, 0.29) is 17.2 Å². The first-order valence-corrected chi connectivity index (χ1v) is 7.81. The van der Waals surface area contributed by atoms with Crippen molar-refractivity contribution in [3.63, 3.8) is 0 Å². The molecule has 0 atom stereocenters. The summed E-state index contributed by atoms with van der Waals surface area (Å²) in [6.07, 6.45) is 0. The molecule has 0 aliphatic heterocycles. The number of sulfonamides is 1. The molecule has 2 aromatic carbocycles. The van der Waals surface area contributed by atoms with Gasteiger partial charge in [-0.05, 0) is 54.8 Å². The van der Waals surface area contributed by atoms with Gasteiger partial charge in [0.05, 0.1) is 17.2 Å². The van der Waals surface area contributed by atoms with Gasteiger partial charge in [0.15, 0.2) is 0 Å². The normalized spacial score (nSPS) is 11.4. The van der Waals surface area contributed by atoms with Crippen molar-refractivity contribution >= 4 is 15.7 Å². The molecular weight excluding hydrogens is 293 g/mol. The summed E-state index contributed by atoms with van der Waals surface area (Å²) in [5.74, 6) is -0.521. The van der Waals surface area contributed by atoms with Gasteiger partial charge in [-0.1, -0.05) is 12.1 Å². The lowest BCUT2D eigenvalue weighted by Crippen LogP contribution is -2.15. The fourth-order valence-electron chi connectivity index (χ4n) is 2.10. The monoisotopic (exact) mass is 309 g/mol. The van der Waals surface area contributed by atoms with Crippen molar-refractivity contribution in [3.05, 3.63) is 58.9 Å². The van der Waals surface area contributed by atoms with Crippen molar-refractivity contribution in [1.82, 2.24) is 0 Å². The Morgan fingerprint density at radius 1 is 1.14 bits per heavy atom. The van der Waals surface area contributed by atoms with Crippen molar-refractivity contribution in [2.24, 2.45) is 0 Å². The number of aliphatic hydroxyl groups is 1. The first-order chi connectivity index (χ1) is 9.83. The second-order valence-corrected chi connectivity index (χ2v) is 6.47. The van der Waals surface area contributed by atoms with E-state index in [0.717, 1.165) is 11.6 Å². The quantitative estimate of drug-likeness (QED) is 0.912. The maximum Gasteiger partial charge on any atom is 0.262 e. The minimum absolute atomic E-state index is 0.0708. The van der Waals surface area contributed by atoms with E-state index < -0.39 is 15.8 Å². The maximum atomic E-state index is 13.1. The van der Waals surface area contributed by atoms with Crippen molar-refractivity contribution in [2.75, 3.05) is 4.72 Å². The first-order valence-electron chi connectivity index (χ1n) is 6.33. The smallest absolute Gasteiger partial charge is 0.262 e. The summed E-state index contributed by atoms with van der Waals surface area (Å²) < 4.78 is 40.3. The molecule has 0 saturated carbocycles. The molecule has 6 heteroatoms. The predicted molar refractivity (Wildman–Crippen MR) is 79.0 cm³/mol. The zero-order chi connectivity index (χ0) is 15.6. The Labute approximate surface area is 123 Å². The Bertz CT molecular complexity index is 772. The summed E-state index contributed by atoms with van der Waals surface area (Å²) in [7, 11) is -3.84. The molecule has 112 valence electrons. The molecule has 0 aromatic heterocycles. The van der Waals surface area contributed by atoms with Crippen molar-refractivity contribution in [1.29, 1.82) is 0 Å². The van der Waals surface area contributed by atoms with Gasteiger partial charge < -0.3 is 5.11 Å². The van der Waals surface area contributed by atoms with Crippen LogP contribution in [0.25, 0.3) is 0 Å². The molecule has 0 spiro atoms. The average molecular weight is 309 g/mol. The second kappa shape index (κ2) is 5.83. The maximum absolute atomic E-state index is 13.1. The second-order valence-electron chi connectivity index (χ2n) is 4.82. The zero-order valence-electron chi connectivity index (χ0n) is 11.7. The molecule has 0 radical (unpaired) electrons. The van der Waals surface area contributed by atoms with E-state index >= 15 is 0 Å². The highest BCUT2D eigenvalue weighted by Crippen LogP contribution is 2.23. The summed E-state index contributed by atoms with van der Waals surface area (Å²) >= 11 is 0. The summed E-state index contributed by atoms with van der Waals surface area (Å²) in [5, 5.41) is 9.26. The van der Waals surface area contributed by atoms with Gasteiger partial charge in [-0.2, -0.15) is 0 Å². The Kier molecular flexibility index (Phi) is 4.29. The molecule has 0 aliphatic rings. The number of halogens is 1. The number of rotatable bonds is 4. The lowest BCUT2D eigenvalue weighted by Gasteiger charge is -2.13. The molecule has 0 bridgehead atoms. The number of hydrogen-bond donors (Lipinski definition) is 2. The summed E-state index contributed by atoms with van der Waals surface area (Å²) in [6.45, 7) is 3.23. The van der Waals surface area contributed by atoms with E-state index in [9.17, 15) is 17.9 Å². The number of benzene rings is 2. The van der Waals surface area contributed by atoms with Crippen LogP contribution >= 0.6 is 0 Å². The van der Waals surface area contributed by atoms with E-state index in [4.69, 9.17) is 0 Å². The number of nitrogens with one attached hydrogen (secondary N) is 1. The molecule has 0 unspecified atom stereocenters. The van der Waals surface area contributed by atoms with Gasteiger partial charge in [-0.25, -0.2) is 12.8 Å². The molecule has 0 saturated heterocycles. The third-order valence-electron chi connectivity index (χ3n) is 3.17. The molecule has 21 heavy (non-hydrogen) atoms. The minimum atomic E-state index is -3.84. The van der Waals surface area contributed by atoms with Gasteiger partial charge in [-0.15, -0.1) is 0 Å². The third kappa shape index (κ3) is 3.40. The molecule has 0 heterocycles. The Morgan fingerprint density at radius 2 is 1.86 bits per heavy atom. The van der Waals surface area contributed by atoms with Crippen molar-refractivity contribution in [3.8, 4) is 0 Å². The average Bonchev–Trinajstić information content (AvgIpc) is 2.37. The Morgan fingerprint density at radius 3 is 2.48 bits per heavy atom. The van der Waals surface area contributed by atoms with E-state index in [1.165, 1.54) is 24.3 Å². The van der Waals surface area contributed by atoms with E-state index in [1.54, 1.807) is 19.9 Å². The highest BCUT2D eigenvalue weighted by Gasteiger charge is 2.18. The highest BCUT2D eigenvalue weighted by molar-refractivity contribution is 7.92. The van der Waals surface area contributed by atoms with Crippen LogP contribution < -0.4 is 4.72 Å². The fraction of sp³-hybridized carbons (Fsp3) is 0.200. The summed E-state index contributed by atoms with van der Waals surface area (Å²) in [4.78, 5) is 0.0708. The van der Waals surface area contributed by atoms with E-state index in [0.29, 0.717) is 11.1 Å². The van der Waals surface area contributed by atoms with Gasteiger partial charge in [0, 0.05) is 0 Å². The topological polar surface area (TPSA) is 66.4 Å². The van der Waals surface area contributed by atoms with Crippen LogP contribution in [0.3, 0.4) is 0 Å².